The zero-order chi connectivity index (χ0) is 17.1. The molecule has 2 aromatic carbocycles. The van der Waals surface area contributed by atoms with Gasteiger partial charge in [-0.3, -0.25) is 9.59 Å². The first-order valence-corrected chi connectivity index (χ1v) is 8.56. The van der Waals surface area contributed by atoms with Gasteiger partial charge in [-0.2, -0.15) is 0 Å². The van der Waals surface area contributed by atoms with E-state index in [9.17, 15) is 9.59 Å². The lowest BCUT2D eigenvalue weighted by Gasteiger charge is -2.27. The Hall–Kier alpha value is -2.36. The standard InChI is InChI=1S/C20H23NO3/c1-13(15-10-9-14-5-2-3-6-16(14)11-15)21-19(22)17-7-4-8-18(12-17)20(23)24/h2-3,5-6,9-11,13,17-18H,4,7-8,12H2,1H3,(H,21,22)(H,23,24). The number of fused-ring (bicyclic) bond motifs is 1. The Bertz CT molecular complexity index is 755. The average Bonchev–Trinajstić information content (AvgIpc) is 2.61. The lowest BCUT2D eigenvalue weighted by Crippen LogP contribution is -2.36. The van der Waals surface area contributed by atoms with Crippen molar-refractivity contribution in [3.63, 3.8) is 0 Å². The van der Waals surface area contributed by atoms with E-state index in [-0.39, 0.29) is 23.8 Å². The van der Waals surface area contributed by atoms with Crippen LogP contribution >= 0.6 is 0 Å². The fraction of sp³-hybridized carbons (Fsp3) is 0.400. The number of aliphatic carboxylic acids is 1. The Morgan fingerprint density at radius 1 is 1.08 bits per heavy atom. The molecular formula is C20H23NO3. The number of amides is 1. The normalized spacial score (nSPS) is 22.0. The zero-order valence-corrected chi connectivity index (χ0v) is 13.9. The maximum Gasteiger partial charge on any atom is 0.306 e. The van der Waals surface area contributed by atoms with Crippen LogP contribution in [0.15, 0.2) is 42.5 Å². The van der Waals surface area contributed by atoms with Crippen LogP contribution in [-0.2, 0) is 9.59 Å². The van der Waals surface area contributed by atoms with Crippen molar-refractivity contribution in [2.24, 2.45) is 11.8 Å². The molecule has 1 saturated carbocycles. The predicted molar refractivity (Wildman–Crippen MR) is 93.6 cm³/mol. The van der Waals surface area contributed by atoms with Crippen LogP contribution in [0.1, 0.15) is 44.2 Å². The van der Waals surface area contributed by atoms with Crippen molar-refractivity contribution in [3.8, 4) is 0 Å². The Kier molecular flexibility index (Phi) is 4.84. The zero-order valence-electron chi connectivity index (χ0n) is 13.9. The SMILES string of the molecule is CC(NC(=O)C1CCCC(C(=O)O)C1)c1ccc2ccccc2c1. The molecule has 0 saturated heterocycles. The third-order valence-corrected chi connectivity index (χ3v) is 5.03. The van der Waals surface area contributed by atoms with Crippen LogP contribution in [0.25, 0.3) is 10.8 Å². The summed E-state index contributed by atoms with van der Waals surface area (Å²) >= 11 is 0. The molecule has 1 aliphatic rings. The summed E-state index contributed by atoms with van der Waals surface area (Å²) in [7, 11) is 0. The van der Waals surface area contributed by atoms with E-state index in [4.69, 9.17) is 5.11 Å². The molecule has 0 bridgehead atoms. The topological polar surface area (TPSA) is 66.4 Å². The lowest BCUT2D eigenvalue weighted by molar-refractivity contribution is -0.144. The second kappa shape index (κ2) is 7.04. The van der Waals surface area contributed by atoms with Crippen LogP contribution in [-0.4, -0.2) is 17.0 Å². The Morgan fingerprint density at radius 3 is 2.54 bits per heavy atom. The number of nitrogens with one attached hydrogen (secondary N) is 1. The van der Waals surface area contributed by atoms with Crippen molar-refractivity contribution in [2.45, 2.75) is 38.6 Å². The molecule has 3 rings (SSSR count). The molecule has 0 aromatic heterocycles. The molecular weight excluding hydrogens is 302 g/mol. The molecule has 1 aliphatic carbocycles. The molecule has 126 valence electrons. The number of carbonyl (C=O) groups is 2. The molecule has 24 heavy (non-hydrogen) atoms. The van der Waals surface area contributed by atoms with Crippen molar-refractivity contribution in [1.29, 1.82) is 0 Å². The summed E-state index contributed by atoms with van der Waals surface area (Å²) in [6.45, 7) is 1.97. The minimum atomic E-state index is -0.782. The number of carbonyl (C=O) groups excluding carboxylic acids is 1. The lowest BCUT2D eigenvalue weighted by atomic mass is 9.81. The van der Waals surface area contributed by atoms with Crippen molar-refractivity contribution in [1.82, 2.24) is 5.32 Å². The van der Waals surface area contributed by atoms with Gasteiger partial charge in [-0.1, -0.05) is 42.8 Å². The summed E-state index contributed by atoms with van der Waals surface area (Å²) in [6, 6.07) is 14.2. The summed E-state index contributed by atoms with van der Waals surface area (Å²) in [6.07, 6.45) is 2.71. The van der Waals surface area contributed by atoms with E-state index >= 15 is 0 Å². The molecule has 0 heterocycles. The highest BCUT2D eigenvalue weighted by Gasteiger charge is 2.31. The summed E-state index contributed by atoms with van der Waals surface area (Å²) in [4.78, 5) is 23.7. The Balaban J connectivity index is 1.67. The van der Waals surface area contributed by atoms with Crippen LogP contribution in [0.2, 0.25) is 0 Å². The third kappa shape index (κ3) is 3.58. The smallest absolute Gasteiger partial charge is 0.306 e. The van der Waals surface area contributed by atoms with E-state index in [1.165, 1.54) is 5.39 Å². The highest BCUT2D eigenvalue weighted by Crippen LogP contribution is 2.30. The summed E-state index contributed by atoms with van der Waals surface area (Å²) in [5.41, 5.74) is 1.06. The van der Waals surface area contributed by atoms with Gasteiger partial charge in [0.25, 0.3) is 0 Å². The highest BCUT2D eigenvalue weighted by molar-refractivity contribution is 5.84. The van der Waals surface area contributed by atoms with Crippen molar-refractivity contribution >= 4 is 22.6 Å². The number of hydrogen-bond donors (Lipinski definition) is 2. The summed E-state index contributed by atoms with van der Waals surface area (Å²) < 4.78 is 0. The van der Waals surface area contributed by atoms with Gasteiger partial charge >= 0.3 is 5.97 Å². The minimum absolute atomic E-state index is 0.0263. The monoisotopic (exact) mass is 325 g/mol. The van der Waals surface area contributed by atoms with Gasteiger partial charge in [-0.15, -0.1) is 0 Å². The van der Waals surface area contributed by atoms with Gasteiger partial charge in [0.1, 0.15) is 0 Å². The van der Waals surface area contributed by atoms with Gasteiger partial charge in [0.05, 0.1) is 12.0 Å². The van der Waals surface area contributed by atoms with E-state index in [0.29, 0.717) is 12.8 Å². The van der Waals surface area contributed by atoms with E-state index in [2.05, 4.69) is 29.6 Å². The van der Waals surface area contributed by atoms with Gasteiger partial charge in [0, 0.05) is 5.92 Å². The first-order valence-electron chi connectivity index (χ1n) is 8.56. The first-order chi connectivity index (χ1) is 11.5. The molecule has 0 aliphatic heterocycles. The summed E-state index contributed by atoms with van der Waals surface area (Å²) in [5, 5.41) is 14.6. The number of carboxylic acid groups (broad SMARTS) is 1. The number of carboxylic acids is 1. The van der Waals surface area contributed by atoms with Crippen LogP contribution in [0.4, 0.5) is 0 Å². The van der Waals surface area contributed by atoms with E-state index < -0.39 is 5.97 Å². The molecule has 1 amide bonds. The molecule has 3 unspecified atom stereocenters. The van der Waals surface area contributed by atoms with Crippen molar-refractivity contribution < 1.29 is 14.7 Å². The van der Waals surface area contributed by atoms with Crippen LogP contribution in [0.5, 0.6) is 0 Å². The molecule has 0 spiro atoms. The highest BCUT2D eigenvalue weighted by atomic mass is 16.4. The number of hydrogen-bond acceptors (Lipinski definition) is 2. The molecule has 2 aromatic rings. The third-order valence-electron chi connectivity index (χ3n) is 5.03. The minimum Gasteiger partial charge on any atom is -0.481 e. The van der Waals surface area contributed by atoms with Crippen LogP contribution in [0, 0.1) is 11.8 Å². The molecule has 4 heteroatoms. The van der Waals surface area contributed by atoms with Crippen LogP contribution in [0.3, 0.4) is 0 Å². The molecule has 0 radical (unpaired) electrons. The summed E-state index contributed by atoms with van der Waals surface area (Å²) in [5.74, 6) is -1.38. The number of rotatable bonds is 4. The maximum absolute atomic E-state index is 12.5. The van der Waals surface area contributed by atoms with E-state index in [1.54, 1.807) is 0 Å². The fourth-order valence-corrected chi connectivity index (χ4v) is 3.54. The maximum atomic E-state index is 12.5. The largest absolute Gasteiger partial charge is 0.481 e. The Morgan fingerprint density at radius 2 is 1.79 bits per heavy atom. The van der Waals surface area contributed by atoms with Gasteiger partial charge in [-0.05, 0) is 48.6 Å². The van der Waals surface area contributed by atoms with Gasteiger partial charge < -0.3 is 10.4 Å². The van der Waals surface area contributed by atoms with E-state index in [0.717, 1.165) is 23.8 Å². The number of benzene rings is 2. The van der Waals surface area contributed by atoms with Crippen LogP contribution < -0.4 is 5.32 Å². The second-order valence-corrected chi connectivity index (χ2v) is 6.74. The Labute approximate surface area is 141 Å². The second-order valence-electron chi connectivity index (χ2n) is 6.74. The molecule has 2 N–H and O–H groups in total. The van der Waals surface area contributed by atoms with Crippen molar-refractivity contribution in [2.75, 3.05) is 0 Å². The van der Waals surface area contributed by atoms with Gasteiger partial charge in [-0.25, -0.2) is 0 Å². The molecule has 3 atom stereocenters. The predicted octanol–water partition coefficient (Wildman–Crippen LogP) is 3.91. The van der Waals surface area contributed by atoms with E-state index in [1.807, 2.05) is 25.1 Å². The fourth-order valence-electron chi connectivity index (χ4n) is 3.54. The van der Waals surface area contributed by atoms with Gasteiger partial charge in [0.15, 0.2) is 0 Å². The molecule has 4 nitrogen and oxygen atoms in total. The first kappa shape index (κ1) is 16.5. The molecule has 1 fully saturated rings. The quantitative estimate of drug-likeness (QED) is 0.895. The van der Waals surface area contributed by atoms with Crippen molar-refractivity contribution in [3.05, 3.63) is 48.0 Å². The van der Waals surface area contributed by atoms with Gasteiger partial charge in [0.2, 0.25) is 5.91 Å². The average molecular weight is 325 g/mol.